The molecule has 2 heterocycles. The first-order valence-corrected chi connectivity index (χ1v) is 5.54. The fourth-order valence-corrected chi connectivity index (χ4v) is 2.20. The molecule has 0 unspecified atom stereocenters. The number of nitriles is 1. The van der Waals surface area contributed by atoms with Crippen LogP contribution in [0.4, 0.5) is 5.82 Å². The number of nitrogens with two attached hydrogens (primary N) is 1. The molecule has 5 nitrogen and oxygen atoms in total. The third-order valence-electron chi connectivity index (χ3n) is 3.03. The van der Waals surface area contributed by atoms with Gasteiger partial charge in [-0.05, 0) is 30.7 Å². The van der Waals surface area contributed by atoms with Gasteiger partial charge < -0.3 is 5.43 Å². The first kappa shape index (κ1) is 10.6. The van der Waals surface area contributed by atoms with E-state index >= 15 is 0 Å². The van der Waals surface area contributed by atoms with Crippen molar-refractivity contribution in [2.45, 2.75) is 6.92 Å². The summed E-state index contributed by atoms with van der Waals surface area (Å²) in [7, 11) is 0. The van der Waals surface area contributed by atoms with E-state index < -0.39 is 0 Å². The molecule has 0 bridgehead atoms. The van der Waals surface area contributed by atoms with Crippen molar-refractivity contribution < 1.29 is 0 Å². The maximum Gasteiger partial charge on any atom is 0.157 e. The number of nitrogens with zero attached hydrogens (tertiary/aromatic N) is 3. The minimum absolute atomic E-state index is 0.574. The number of hydrogen-bond acceptors (Lipinski definition) is 4. The van der Waals surface area contributed by atoms with E-state index in [9.17, 15) is 5.26 Å². The van der Waals surface area contributed by atoms with Crippen LogP contribution in [-0.2, 0) is 0 Å². The van der Waals surface area contributed by atoms with Gasteiger partial charge in [-0.1, -0.05) is 12.1 Å². The van der Waals surface area contributed by atoms with E-state index in [0.29, 0.717) is 11.2 Å². The molecule has 3 rings (SSSR count). The van der Waals surface area contributed by atoms with Gasteiger partial charge in [0.25, 0.3) is 0 Å². The van der Waals surface area contributed by atoms with Gasteiger partial charge in [0.2, 0.25) is 0 Å². The Hall–Kier alpha value is -2.58. The Bertz CT molecular complexity index is 794. The summed E-state index contributed by atoms with van der Waals surface area (Å²) < 4.78 is 1.86. The molecule has 0 atom stereocenters. The van der Waals surface area contributed by atoms with Crippen molar-refractivity contribution in [3.05, 3.63) is 41.5 Å². The normalized spacial score (nSPS) is 10.7. The second-order valence-corrected chi connectivity index (χ2v) is 4.10. The Morgan fingerprint density at radius 1 is 1.39 bits per heavy atom. The predicted molar refractivity (Wildman–Crippen MR) is 70.0 cm³/mol. The number of hydrogen-bond donors (Lipinski definition) is 2. The Kier molecular flexibility index (Phi) is 2.18. The quantitative estimate of drug-likeness (QED) is 0.501. The van der Waals surface area contributed by atoms with Crippen LogP contribution < -0.4 is 11.3 Å². The largest absolute Gasteiger partial charge is 0.310 e. The lowest BCUT2D eigenvalue weighted by Gasteiger charge is -2.08. The van der Waals surface area contributed by atoms with Crippen LogP contribution in [0.15, 0.2) is 30.3 Å². The van der Waals surface area contributed by atoms with Crippen LogP contribution in [0.2, 0.25) is 0 Å². The van der Waals surface area contributed by atoms with Gasteiger partial charge in [-0.2, -0.15) is 5.26 Å². The van der Waals surface area contributed by atoms with Gasteiger partial charge in [0, 0.05) is 0 Å². The topological polar surface area (TPSA) is 79.1 Å². The van der Waals surface area contributed by atoms with E-state index in [1.165, 1.54) is 0 Å². The number of aryl methyl sites for hydroxylation is 1. The van der Waals surface area contributed by atoms with Crippen molar-refractivity contribution in [2.24, 2.45) is 5.84 Å². The van der Waals surface area contributed by atoms with Crippen LogP contribution in [0, 0.1) is 18.3 Å². The first-order chi connectivity index (χ1) is 8.76. The van der Waals surface area contributed by atoms with E-state index in [4.69, 9.17) is 5.84 Å². The standard InChI is InChI=1S/C13H11N5/c1-8-6-12(17-15)18-11-5-3-2-4-10(11)16-13(18)9(8)7-14/h2-6,17H,15H2,1H3. The number of aromatic nitrogens is 2. The second-order valence-electron chi connectivity index (χ2n) is 4.10. The summed E-state index contributed by atoms with van der Waals surface area (Å²) in [4.78, 5) is 4.50. The lowest BCUT2D eigenvalue weighted by Crippen LogP contribution is -2.11. The van der Waals surface area contributed by atoms with Gasteiger partial charge in [-0.3, -0.25) is 4.40 Å². The highest BCUT2D eigenvalue weighted by Gasteiger charge is 2.13. The molecule has 88 valence electrons. The molecule has 0 saturated carbocycles. The lowest BCUT2D eigenvalue weighted by atomic mass is 10.1. The smallest absolute Gasteiger partial charge is 0.157 e. The Labute approximate surface area is 103 Å². The van der Waals surface area contributed by atoms with Gasteiger partial charge in [0.1, 0.15) is 11.9 Å². The first-order valence-electron chi connectivity index (χ1n) is 5.54. The zero-order valence-corrected chi connectivity index (χ0v) is 9.81. The maximum atomic E-state index is 9.25. The number of hydrazine groups is 1. The number of nitrogens with one attached hydrogen (secondary N) is 1. The molecule has 3 aromatic rings. The van der Waals surface area contributed by atoms with Gasteiger partial charge in [-0.15, -0.1) is 0 Å². The Balaban J connectivity index is 2.62. The van der Waals surface area contributed by atoms with E-state index in [1.54, 1.807) is 0 Å². The average molecular weight is 237 g/mol. The summed E-state index contributed by atoms with van der Waals surface area (Å²) in [5.41, 5.74) is 6.49. The number of nitrogen functional groups attached to an aromatic ring is 1. The number of para-hydroxylation sites is 2. The van der Waals surface area contributed by atoms with E-state index in [0.717, 1.165) is 22.4 Å². The zero-order chi connectivity index (χ0) is 12.7. The number of benzene rings is 1. The minimum atomic E-state index is 0.574. The highest BCUT2D eigenvalue weighted by molar-refractivity contribution is 5.85. The monoisotopic (exact) mass is 237 g/mol. The number of fused-ring (bicyclic) bond motifs is 3. The molecule has 5 heteroatoms. The summed E-state index contributed by atoms with van der Waals surface area (Å²) in [5.74, 6) is 6.26. The number of anilines is 1. The summed E-state index contributed by atoms with van der Waals surface area (Å²) >= 11 is 0. The molecule has 0 fully saturated rings. The Morgan fingerprint density at radius 2 is 2.17 bits per heavy atom. The van der Waals surface area contributed by atoms with Gasteiger partial charge in [-0.25, -0.2) is 10.8 Å². The molecule has 18 heavy (non-hydrogen) atoms. The van der Waals surface area contributed by atoms with Crippen LogP contribution in [0.25, 0.3) is 16.7 Å². The molecule has 0 aliphatic rings. The Morgan fingerprint density at radius 3 is 2.89 bits per heavy atom. The third-order valence-corrected chi connectivity index (χ3v) is 3.03. The van der Waals surface area contributed by atoms with Crippen LogP contribution >= 0.6 is 0 Å². The minimum Gasteiger partial charge on any atom is -0.310 e. The number of rotatable bonds is 1. The van der Waals surface area contributed by atoms with Gasteiger partial charge in [0.15, 0.2) is 5.65 Å². The van der Waals surface area contributed by atoms with Crippen molar-refractivity contribution in [2.75, 3.05) is 5.43 Å². The van der Waals surface area contributed by atoms with Crippen molar-refractivity contribution in [1.82, 2.24) is 9.38 Å². The van der Waals surface area contributed by atoms with Crippen LogP contribution in [0.5, 0.6) is 0 Å². The molecule has 2 aromatic heterocycles. The van der Waals surface area contributed by atoms with Crippen molar-refractivity contribution in [3.63, 3.8) is 0 Å². The fourth-order valence-electron chi connectivity index (χ4n) is 2.20. The number of imidazole rings is 1. The van der Waals surface area contributed by atoms with E-state index in [-0.39, 0.29) is 0 Å². The van der Waals surface area contributed by atoms with Crippen LogP contribution in [-0.4, -0.2) is 9.38 Å². The van der Waals surface area contributed by atoms with Gasteiger partial charge >= 0.3 is 0 Å². The molecule has 3 N–H and O–H groups in total. The predicted octanol–water partition coefficient (Wildman–Crippen LogP) is 1.95. The van der Waals surface area contributed by atoms with Crippen molar-refractivity contribution >= 4 is 22.5 Å². The maximum absolute atomic E-state index is 9.25. The average Bonchev–Trinajstić information content (AvgIpc) is 2.77. The third kappa shape index (κ3) is 1.27. The summed E-state index contributed by atoms with van der Waals surface area (Å²) in [5, 5.41) is 9.25. The second kappa shape index (κ2) is 3.72. The molecular weight excluding hydrogens is 226 g/mol. The van der Waals surface area contributed by atoms with Gasteiger partial charge in [0.05, 0.1) is 16.6 Å². The molecule has 0 radical (unpaired) electrons. The summed E-state index contributed by atoms with van der Waals surface area (Å²) in [6, 6.07) is 11.8. The van der Waals surface area contributed by atoms with E-state index in [2.05, 4.69) is 16.5 Å². The highest BCUT2D eigenvalue weighted by atomic mass is 15.3. The number of pyridine rings is 1. The molecule has 0 aliphatic heterocycles. The zero-order valence-electron chi connectivity index (χ0n) is 9.81. The van der Waals surface area contributed by atoms with Crippen LogP contribution in [0.3, 0.4) is 0 Å². The molecule has 0 aliphatic carbocycles. The SMILES string of the molecule is Cc1cc(NN)n2c(nc3ccccc32)c1C#N. The summed E-state index contributed by atoms with van der Waals surface area (Å²) in [6.07, 6.45) is 0. The molecule has 0 saturated heterocycles. The highest BCUT2D eigenvalue weighted by Crippen LogP contribution is 2.25. The molecule has 0 amide bonds. The van der Waals surface area contributed by atoms with Crippen LogP contribution in [0.1, 0.15) is 11.1 Å². The lowest BCUT2D eigenvalue weighted by molar-refractivity contribution is 1.15. The van der Waals surface area contributed by atoms with E-state index in [1.807, 2.05) is 41.7 Å². The molecule has 1 aromatic carbocycles. The summed E-state index contributed by atoms with van der Waals surface area (Å²) in [6.45, 7) is 1.87. The molecular formula is C13H11N5. The van der Waals surface area contributed by atoms with Crippen molar-refractivity contribution in [1.29, 1.82) is 5.26 Å². The van der Waals surface area contributed by atoms with Crippen molar-refractivity contribution in [3.8, 4) is 6.07 Å². The molecule has 0 spiro atoms. The fraction of sp³-hybridized carbons (Fsp3) is 0.0769.